The van der Waals surface area contributed by atoms with Gasteiger partial charge in [-0.1, -0.05) is 23.7 Å². The fourth-order valence-corrected chi connectivity index (χ4v) is 1.60. The largest absolute Gasteiger partial charge is 0.330 e. The summed E-state index contributed by atoms with van der Waals surface area (Å²) in [6, 6.07) is 7.88. The average Bonchev–Trinajstić information content (AvgIpc) is 2.52. The number of rotatable bonds is 2. The van der Waals surface area contributed by atoms with Crippen molar-refractivity contribution < 1.29 is 0 Å². The van der Waals surface area contributed by atoms with E-state index >= 15 is 0 Å². The van der Waals surface area contributed by atoms with Crippen LogP contribution in [0.3, 0.4) is 0 Å². The highest BCUT2D eigenvalue weighted by Gasteiger charge is 1.98. The Morgan fingerprint density at radius 2 is 2.29 bits per heavy atom. The highest BCUT2D eigenvalue weighted by molar-refractivity contribution is 6.30. The molecule has 0 bridgehead atoms. The molecule has 2 rings (SSSR count). The van der Waals surface area contributed by atoms with Crippen molar-refractivity contribution in [1.82, 2.24) is 9.55 Å². The van der Waals surface area contributed by atoms with E-state index in [0.717, 1.165) is 17.3 Å². The van der Waals surface area contributed by atoms with Crippen LogP contribution in [-0.4, -0.2) is 9.55 Å². The molecule has 0 N–H and O–H groups in total. The van der Waals surface area contributed by atoms with Crippen molar-refractivity contribution in [3.8, 4) is 0 Å². The number of benzene rings is 1. The van der Waals surface area contributed by atoms with E-state index in [9.17, 15) is 0 Å². The predicted octanol–water partition coefficient (Wildman–Crippen LogP) is 2.89. The van der Waals surface area contributed by atoms with Crippen LogP contribution in [0.25, 0.3) is 0 Å². The van der Waals surface area contributed by atoms with E-state index in [1.165, 1.54) is 5.56 Å². The van der Waals surface area contributed by atoms with E-state index in [-0.39, 0.29) is 0 Å². The van der Waals surface area contributed by atoms with E-state index < -0.39 is 0 Å². The van der Waals surface area contributed by atoms with Gasteiger partial charge in [-0.05, 0) is 24.6 Å². The third-order valence-corrected chi connectivity index (χ3v) is 2.40. The Hall–Kier alpha value is -1.28. The second-order valence-corrected chi connectivity index (χ2v) is 3.73. The quantitative estimate of drug-likeness (QED) is 0.739. The zero-order valence-corrected chi connectivity index (χ0v) is 8.70. The van der Waals surface area contributed by atoms with Gasteiger partial charge in [0.1, 0.15) is 0 Å². The van der Waals surface area contributed by atoms with Crippen molar-refractivity contribution in [1.29, 1.82) is 0 Å². The van der Waals surface area contributed by atoms with Crippen LogP contribution in [0.15, 0.2) is 36.8 Å². The van der Waals surface area contributed by atoms with Crippen molar-refractivity contribution in [2.75, 3.05) is 0 Å². The Morgan fingerprint density at radius 1 is 1.43 bits per heavy atom. The first kappa shape index (κ1) is 9.28. The molecule has 1 aromatic heterocycles. The number of imidazole rings is 1. The van der Waals surface area contributed by atoms with E-state index in [4.69, 9.17) is 11.6 Å². The van der Waals surface area contributed by atoms with Crippen LogP contribution in [0, 0.1) is 6.92 Å². The minimum absolute atomic E-state index is 0.778. The van der Waals surface area contributed by atoms with Crippen LogP contribution in [0.2, 0.25) is 5.02 Å². The normalized spacial score (nSPS) is 10.4. The van der Waals surface area contributed by atoms with Gasteiger partial charge in [-0.2, -0.15) is 0 Å². The summed E-state index contributed by atoms with van der Waals surface area (Å²) in [4.78, 5) is 4.07. The SMILES string of the molecule is Cc1cncn1Cc1cccc(Cl)c1. The van der Waals surface area contributed by atoms with Crippen LogP contribution >= 0.6 is 11.6 Å². The Morgan fingerprint density at radius 3 is 2.93 bits per heavy atom. The summed E-state index contributed by atoms with van der Waals surface area (Å²) < 4.78 is 2.09. The molecule has 0 fully saturated rings. The minimum Gasteiger partial charge on any atom is -0.330 e. The number of aromatic nitrogens is 2. The molecular weight excluding hydrogens is 196 g/mol. The van der Waals surface area contributed by atoms with Crippen LogP contribution in [0.4, 0.5) is 0 Å². The van der Waals surface area contributed by atoms with Crippen LogP contribution in [-0.2, 0) is 6.54 Å². The molecule has 2 nitrogen and oxygen atoms in total. The summed E-state index contributed by atoms with van der Waals surface area (Å²) in [5.41, 5.74) is 2.35. The van der Waals surface area contributed by atoms with Gasteiger partial charge in [-0.15, -0.1) is 0 Å². The van der Waals surface area contributed by atoms with Crippen molar-refractivity contribution in [2.45, 2.75) is 13.5 Å². The lowest BCUT2D eigenvalue weighted by Gasteiger charge is -2.05. The summed E-state index contributed by atoms with van der Waals surface area (Å²) in [6.45, 7) is 2.87. The topological polar surface area (TPSA) is 17.8 Å². The number of nitrogens with zero attached hydrogens (tertiary/aromatic N) is 2. The number of halogens is 1. The molecule has 0 saturated carbocycles. The maximum absolute atomic E-state index is 5.90. The first-order valence-electron chi connectivity index (χ1n) is 4.47. The molecule has 1 heterocycles. The van der Waals surface area contributed by atoms with Gasteiger partial charge >= 0.3 is 0 Å². The third kappa shape index (κ3) is 1.96. The summed E-state index contributed by atoms with van der Waals surface area (Å²) in [7, 11) is 0. The van der Waals surface area contributed by atoms with Gasteiger partial charge in [-0.3, -0.25) is 0 Å². The van der Waals surface area contributed by atoms with Gasteiger partial charge in [0.2, 0.25) is 0 Å². The fourth-order valence-electron chi connectivity index (χ4n) is 1.38. The summed E-state index contributed by atoms with van der Waals surface area (Å²) in [5.74, 6) is 0. The van der Waals surface area contributed by atoms with Gasteiger partial charge in [0.05, 0.1) is 6.33 Å². The molecule has 0 atom stereocenters. The number of hydrogen-bond acceptors (Lipinski definition) is 1. The standard InChI is InChI=1S/C11H11ClN2/c1-9-6-13-8-14(9)7-10-3-2-4-11(12)5-10/h2-6,8H,7H2,1H3. The molecule has 14 heavy (non-hydrogen) atoms. The van der Waals surface area contributed by atoms with Gasteiger partial charge in [0, 0.05) is 23.5 Å². The van der Waals surface area contributed by atoms with Crippen molar-refractivity contribution in [3.63, 3.8) is 0 Å². The maximum atomic E-state index is 5.90. The van der Waals surface area contributed by atoms with Gasteiger partial charge in [-0.25, -0.2) is 4.98 Å². The maximum Gasteiger partial charge on any atom is 0.0951 e. The molecule has 2 aromatic rings. The van der Waals surface area contributed by atoms with Gasteiger partial charge in [0.25, 0.3) is 0 Å². The van der Waals surface area contributed by atoms with E-state index in [1.54, 1.807) is 0 Å². The first-order valence-corrected chi connectivity index (χ1v) is 4.84. The molecule has 0 aliphatic heterocycles. The highest BCUT2D eigenvalue weighted by atomic mass is 35.5. The highest BCUT2D eigenvalue weighted by Crippen LogP contribution is 2.12. The zero-order chi connectivity index (χ0) is 9.97. The molecule has 0 radical (unpaired) electrons. The predicted molar refractivity (Wildman–Crippen MR) is 57.5 cm³/mol. The molecule has 1 aromatic carbocycles. The van der Waals surface area contributed by atoms with Crippen molar-refractivity contribution in [2.24, 2.45) is 0 Å². The summed E-state index contributed by atoms with van der Waals surface area (Å²) >= 11 is 5.90. The average molecular weight is 207 g/mol. The van der Waals surface area contributed by atoms with Gasteiger partial charge < -0.3 is 4.57 Å². The lowest BCUT2D eigenvalue weighted by Crippen LogP contribution is -1.99. The molecule has 3 heteroatoms. The Kier molecular flexibility index (Phi) is 2.55. The Balaban J connectivity index is 2.23. The van der Waals surface area contributed by atoms with Gasteiger partial charge in [0.15, 0.2) is 0 Å². The molecular formula is C11H11ClN2. The van der Waals surface area contributed by atoms with Crippen LogP contribution < -0.4 is 0 Å². The summed E-state index contributed by atoms with van der Waals surface area (Å²) in [5, 5.41) is 0.778. The number of aryl methyl sites for hydroxylation is 1. The number of hydrogen-bond donors (Lipinski definition) is 0. The molecule has 0 aliphatic rings. The smallest absolute Gasteiger partial charge is 0.0951 e. The van der Waals surface area contributed by atoms with Crippen LogP contribution in [0.5, 0.6) is 0 Å². The zero-order valence-electron chi connectivity index (χ0n) is 7.94. The molecule has 0 unspecified atom stereocenters. The Bertz CT molecular complexity index is 434. The Labute approximate surface area is 88.2 Å². The second-order valence-electron chi connectivity index (χ2n) is 3.29. The first-order chi connectivity index (χ1) is 6.75. The lowest BCUT2D eigenvalue weighted by molar-refractivity contribution is 0.770. The fraction of sp³-hybridized carbons (Fsp3) is 0.182. The molecule has 0 amide bonds. The molecule has 0 saturated heterocycles. The second kappa shape index (κ2) is 3.84. The minimum atomic E-state index is 0.778. The third-order valence-electron chi connectivity index (χ3n) is 2.16. The van der Waals surface area contributed by atoms with E-state index in [1.807, 2.05) is 37.6 Å². The monoisotopic (exact) mass is 206 g/mol. The lowest BCUT2D eigenvalue weighted by atomic mass is 10.2. The molecule has 0 aliphatic carbocycles. The summed E-state index contributed by atoms with van der Waals surface area (Å²) in [6.07, 6.45) is 3.68. The van der Waals surface area contributed by atoms with Crippen molar-refractivity contribution >= 4 is 11.6 Å². The molecule has 72 valence electrons. The van der Waals surface area contributed by atoms with E-state index in [2.05, 4.69) is 15.6 Å². The molecule has 0 spiro atoms. The van der Waals surface area contributed by atoms with E-state index in [0.29, 0.717) is 0 Å². The van der Waals surface area contributed by atoms with Crippen molar-refractivity contribution in [3.05, 3.63) is 53.1 Å². The van der Waals surface area contributed by atoms with Crippen LogP contribution in [0.1, 0.15) is 11.3 Å².